The van der Waals surface area contributed by atoms with Crippen LogP contribution in [0.2, 0.25) is 0 Å². The fraction of sp³-hybridized carbons (Fsp3) is 0.750. The molecular weight excluding hydrogens is 234 g/mol. The van der Waals surface area contributed by atoms with Gasteiger partial charge in [-0.3, -0.25) is 9.59 Å². The van der Waals surface area contributed by atoms with Gasteiger partial charge in [0.25, 0.3) is 0 Å². The molecule has 0 aromatic carbocycles. The molecule has 0 unspecified atom stereocenters. The lowest BCUT2D eigenvalue weighted by atomic mass is 10.4. The zero-order valence-corrected chi connectivity index (χ0v) is 9.97. The molecule has 0 atom stereocenters. The molecule has 0 heterocycles. The first-order valence-corrected chi connectivity index (χ1v) is 6.86. The number of hydrogen-bond donors (Lipinski definition) is 3. The van der Waals surface area contributed by atoms with E-state index in [1.807, 2.05) is 0 Å². The van der Waals surface area contributed by atoms with Crippen LogP contribution in [0.5, 0.6) is 0 Å². The van der Waals surface area contributed by atoms with Crippen LogP contribution in [-0.4, -0.2) is 51.9 Å². The molecular formula is C8H17N3O4S. The molecule has 8 heteroatoms. The second-order valence-electron chi connectivity index (χ2n) is 3.28. The van der Waals surface area contributed by atoms with E-state index < -0.39 is 21.7 Å². The average Bonchev–Trinajstić information content (AvgIpc) is 2.19. The Balaban J connectivity index is 3.69. The summed E-state index contributed by atoms with van der Waals surface area (Å²) in [5.41, 5.74) is 5.13. The number of sulfone groups is 1. The first kappa shape index (κ1) is 14.8. The van der Waals surface area contributed by atoms with Crippen LogP contribution < -0.4 is 16.4 Å². The van der Waals surface area contributed by atoms with Gasteiger partial charge in [0, 0.05) is 25.9 Å². The maximum atomic E-state index is 11.1. The van der Waals surface area contributed by atoms with E-state index >= 15 is 0 Å². The maximum absolute atomic E-state index is 11.1. The van der Waals surface area contributed by atoms with Gasteiger partial charge in [-0.05, 0) is 6.42 Å². The van der Waals surface area contributed by atoms with Crippen molar-refractivity contribution in [2.75, 3.05) is 31.6 Å². The zero-order valence-electron chi connectivity index (χ0n) is 9.15. The predicted octanol–water partition coefficient (Wildman–Crippen LogP) is -2.39. The molecule has 0 bridgehead atoms. The average molecular weight is 251 g/mol. The minimum Gasteiger partial charge on any atom is -0.348 e. The number of nitrogens with one attached hydrogen (secondary N) is 2. The third kappa shape index (κ3) is 8.18. The molecule has 0 aliphatic rings. The molecule has 2 amide bonds. The Morgan fingerprint density at radius 3 is 2.06 bits per heavy atom. The van der Waals surface area contributed by atoms with E-state index in [2.05, 4.69) is 10.6 Å². The summed E-state index contributed by atoms with van der Waals surface area (Å²) in [6.45, 7) is 0.643. The van der Waals surface area contributed by atoms with E-state index in [4.69, 9.17) is 5.73 Å². The van der Waals surface area contributed by atoms with Crippen LogP contribution >= 0.6 is 0 Å². The molecule has 0 aliphatic carbocycles. The van der Waals surface area contributed by atoms with Crippen molar-refractivity contribution in [2.45, 2.75) is 6.42 Å². The molecule has 4 N–H and O–H groups in total. The number of nitrogens with two attached hydrogens (primary N) is 1. The van der Waals surface area contributed by atoms with Gasteiger partial charge >= 0.3 is 11.8 Å². The van der Waals surface area contributed by atoms with Crippen molar-refractivity contribution in [3.05, 3.63) is 0 Å². The Morgan fingerprint density at radius 2 is 1.62 bits per heavy atom. The standard InChI is InChI=1S/C8H17N3O4S/c1-16(14,15)6-2-4-10-7(12)8(13)11-5-3-9/h2-6,9H2,1H3,(H,10,12)(H,11,13). The molecule has 7 nitrogen and oxygen atoms in total. The highest BCUT2D eigenvalue weighted by molar-refractivity contribution is 7.90. The quantitative estimate of drug-likeness (QED) is 0.359. The van der Waals surface area contributed by atoms with Gasteiger partial charge in [-0.15, -0.1) is 0 Å². The Kier molecular flexibility index (Phi) is 6.66. The highest BCUT2D eigenvalue weighted by atomic mass is 32.2. The summed E-state index contributed by atoms with van der Waals surface area (Å²) in [5, 5.41) is 4.60. The first-order valence-electron chi connectivity index (χ1n) is 4.80. The molecule has 0 aromatic heterocycles. The van der Waals surface area contributed by atoms with E-state index in [1.165, 1.54) is 0 Å². The lowest BCUT2D eigenvalue weighted by Crippen LogP contribution is -2.42. The molecule has 0 saturated carbocycles. The van der Waals surface area contributed by atoms with Crippen LogP contribution in [0.15, 0.2) is 0 Å². The van der Waals surface area contributed by atoms with Crippen molar-refractivity contribution >= 4 is 21.7 Å². The minimum absolute atomic E-state index is 0.0162. The summed E-state index contributed by atoms with van der Waals surface area (Å²) in [6, 6.07) is 0. The van der Waals surface area contributed by atoms with Gasteiger partial charge in [0.1, 0.15) is 9.84 Å². The smallest absolute Gasteiger partial charge is 0.309 e. The number of amides is 2. The van der Waals surface area contributed by atoms with Crippen molar-refractivity contribution in [2.24, 2.45) is 5.73 Å². The monoisotopic (exact) mass is 251 g/mol. The highest BCUT2D eigenvalue weighted by Gasteiger charge is 2.11. The maximum Gasteiger partial charge on any atom is 0.309 e. The summed E-state index contributed by atoms with van der Waals surface area (Å²) in [6.07, 6.45) is 1.40. The molecule has 0 aromatic rings. The van der Waals surface area contributed by atoms with Gasteiger partial charge in [-0.25, -0.2) is 8.42 Å². The number of rotatable bonds is 6. The predicted molar refractivity (Wildman–Crippen MR) is 59.4 cm³/mol. The van der Waals surface area contributed by atoms with Crippen LogP contribution in [0.25, 0.3) is 0 Å². The Bertz CT molecular complexity index is 339. The van der Waals surface area contributed by atoms with E-state index in [-0.39, 0.29) is 31.8 Å². The van der Waals surface area contributed by atoms with Gasteiger partial charge < -0.3 is 16.4 Å². The van der Waals surface area contributed by atoms with Crippen molar-refractivity contribution in [1.82, 2.24) is 10.6 Å². The molecule has 94 valence electrons. The van der Waals surface area contributed by atoms with Gasteiger partial charge in [-0.2, -0.15) is 0 Å². The Hall–Kier alpha value is -1.15. The van der Waals surface area contributed by atoms with E-state index in [0.29, 0.717) is 0 Å². The summed E-state index contributed by atoms with van der Waals surface area (Å²) < 4.78 is 21.5. The van der Waals surface area contributed by atoms with Crippen LogP contribution in [0.3, 0.4) is 0 Å². The molecule has 0 fully saturated rings. The summed E-state index contributed by atoms with van der Waals surface area (Å²) >= 11 is 0. The normalized spacial score (nSPS) is 10.9. The van der Waals surface area contributed by atoms with Gasteiger partial charge in [0.2, 0.25) is 0 Å². The largest absolute Gasteiger partial charge is 0.348 e. The topological polar surface area (TPSA) is 118 Å². The SMILES string of the molecule is CS(=O)(=O)CCCNC(=O)C(=O)NCCN. The zero-order chi connectivity index (χ0) is 12.6. The number of carbonyl (C=O) groups excluding carboxylic acids is 2. The highest BCUT2D eigenvalue weighted by Crippen LogP contribution is 1.86. The van der Waals surface area contributed by atoms with Crippen LogP contribution in [-0.2, 0) is 19.4 Å². The van der Waals surface area contributed by atoms with E-state index in [9.17, 15) is 18.0 Å². The third-order valence-electron chi connectivity index (χ3n) is 1.61. The molecule has 0 radical (unpaired) electrons. The van der Waals surface area contributed by atoms with Crippen LogP contribution in [0.4, 0.5) is 0 Å². The summed E-state index contributed by atoms with van der Waals surface area (Å²) in [5.74, 6) is -1.55. The molecule has 16 heavy (non-hydrogen) atoms. The fourth-order valence-corrected chi connectivity index (χ4v) is 1.55. The second kappa shape index (κ2) is 7.18. The van der Waals surface area contributed by atoms with Crippen molar-refractivity contribution in [1.29, 1.82) is 0 Å². The van der Waals surface area contributed by atoms with Gasteiger partial charge in [0.15, 0.2) is 0 Å². The molecule has 0 rings (SSSR count). The lowest BCUT2D eigenvalue weighted by Gasteiger charge is -2.04. The van der Waals surface area contributed by atoms with Gasteiger partial charge in [-0.1, -0.05) is 0 Å². The van der Waals surface area contributed by atoms with Crippen molar-refractivity contribution in [3.63, 3.8) is 0 Å². The van der Waals surface area contributed by atoms with Gasteiger partial charge in [0.05, 0.1) is 5.75 Å². The Labute approximate surface area is 94.7 Å². The minimum atomic E-state index is -3.02. The third-order valence-corrected chi connectivity index (χ3v) is 2.64. The van der Waals surface area contributed by atoms with Crippen LogP contribution in [0, 0.1) is 0 Å². The molecule has 0 saturated heterocycles. The summed E-state index contributed by atoms with van der Waals surface area (Å²) in [7, 11) is -3.02. The second-order valence-corrected chi connectivity index (χ2v) is 5.54. The Morgan fingerprint density at radius 1 is 1.12 bits per heavy atom. The first-order chi connectivity index (χ1) is 7.37. The number of hydrogen-bond acceptors (Lipinski definition) is 5. The van der Waals surface area contributed by atoms with Crippen LogP contribution in [0.1, 0.15) is 6.42 Å². The summed E-state index contributed by atoms with van der Waals surface area (Å²) in [4.78, 5) is 22.1. The van der Waals surface area contributed by atoms with E-state index in [0.717, 1.165) is 6.26 Å². The fourth-order valence-electron chi connectivity index (χ4n) is 0.883. The van der Waals surface area contributed by atoms with Crippen molar-refractivity contribution in [3.8, 4) is 0 Å². The van der Waals surface area contributed by atoms with E-state index in [1.54, 1.807) is 0 Å². The molecule has 0 aliphatic heterocycles. The number of carbonyl (C=O) groups is 2. The lowest BCUT2D eigenvalue weighted by molar-refractivity contribution is -0.139. The van der Waals surface area contributed by atoms with Crippen molar-refractivity contribution < 1.29 is 18.0 Å². The molecule has 0 spiro atoms.